The van der Waals surface area contributed by atoms with Crippen molar-refractivity contribution < 1.29 is 27.5 Å². The quantitative estimate of drug-likeness (QED) is 0.283. The van der Waals surface area contributed by atoms with Gasteiger partial charge in [0.15, 0.2) is 11.7 Å². The number of nitrogens with one attached hydrogen (secondary N) is 3. The van der Waals surface area contributed by atoms with Crippen molar-refractivity contribution in [2.75, 3.05) is 26.7 Å². The molecule has 0 saturated carbocycles. The van der Waals surface area contributed by atoms with Gasteiger partial charge >= 0.3 is 6.61 Å². The number of aryl methyl sites for hydroxylation is 1. The molecule has 0 aliphatic carbocycles. The Bertz CT molecular complexity index is 871. The Labute approximate surface area is 180 Å². The highest BCUT2D eigenvalue weighted by Crippen LogP contribution is 2.26. The van der Waals surface area contributed by atoms with Crippen molar-refractivity contribution in [1.82, 2.24) is 16.0 Å². The number of ether oxygens (including phenoxy) is 2. The third-order valence-corrected chi connectivity index (χ3v) is 4.24. The Morgan fingerprint density at radius 2 is 1.97 bits per heavy atom. The second-order valence-electron chi connectivity index (χ2n) is 6.52. The summed E-state index contributed by atoms with van der Waals surface area (Å²) < 4.78 is 40.2. The molecule has 1 aromatic heterocycles. The number of aliphatic imine (C=N–C) groups is 1. The summed E-state index contributed by atoms with van der Waals surface area (Å²) in [5.41, 5.74) is 1.25. The lowest BCUT2D eigenvalue weighted by Crippen LogP contribution is -2.38. The van der Waals surface area contributed by atoms with Crippen molar-refractivity contribution in [1.29, 1.82) is 0 Å². The van der Waals surface area contributed by atoms with Crippen molar-refractivity contribution in [2.24, 2.45) is 4.99 Å². The van der Waals surface area contributed by atoms with Crippen LogP contribution < -0.4 is 25.4 Å². The van der Waals surface area contributed by atoms with Gasteiger partial charge in [-0.1, -0.05) is 0 Å². The molecule has 0 unspecified atom stereocenters. The average Bonchev–Trinajstić information content (AvgIpc) is 3.18. The van der Waals surface area contributed by atoms with Gasteiger partial charge < -0.3 is 29.8 Å². The smallest absolute Gasteiger partial charge is 0.387 e. The average molecular weight is 438 g/mol. The Kier molecular flexibility index (Phi) is 9.60. The fourth-order valence-electron chi connectivity index (χ4n) is 2.71. The number of halogens is 2. The third kappa shape index (κ3) is 7.80. The monoisotopic (exact) mass is 438 g/mol. The number of guanidine groups is 1. The number of furan rings is 1. The van der Waals surface area contributed by atoms with Crippen molar-refractivity contribution >= 4 is 11.9 Å². The highest BCUT2D eigenvalue weighted by Gasteiger charge is 2.12. The van der Waals surface area contributed by atoms with Crippen LogP contribution in [0.15, 0.2) is 39.9 Å². The predicted molar refractivity (Wildman–Crippen MR) is 113 cm³/mol. The fourth-order valence-corrected chi connectivity index (χ4v) is 2.71. The summed E-state index contributed by atoms with van der Waals surface area (Å²) >= 11 is 0. The largest absolute Gasteiger partial charge is 0.497 e. The summed E-state index contributed by atoms with van der Waals surface area (Å²) in [4.78, 5) is 16.4. The number of carbonyl (C=O) groups is 1. The molecule has 1 aromatic carbocycles. The molecule has 31 heavy (non-hydrogen) atoms. The summed E-state index contributed by atoms with van der Waals surface area (Å²) in [6.45, 7) is 2.53. The summed E-state index contributed by atoms with van der Waals surface area (Å²) in [5.74, 6) is 1.13. The second kappa shape index (κ2) is 12.4. The summed E-state index contributed by atoms with van der Waals surface area (Å²) in [6.07, 6.45) is 2.12. The molecule has 170 valence electrons. The lowest BCUT2D eigenvalue weighted by Gasteiger charge is -2.13. The molecule has 0 aliphatic rings. The topological polar surface area (TPSA) is 97.1 Å². The Morgan fingerprint density at radius 3 is 2.61 bits per heavy atom. The van der Waals surface area contributed by atoms with Gasteiger partial charge in [-0.15, -0.1) is 0 Å². The minimum atomic E-state index is -2.93. The number of rotatable bonds is 11. The number of benzene rings is 1. The van der Waals surface area contributed by atoms with Crippen molar-refractivity contribution in [3.8, 4) is 11.5 Å². The van der Waals surface area contributed by atoms with Crippen LogP contribution in [0.1, 0.15) is 35.0 Å². The van der Waals surface area contributed by atoms with Gasteiger partial charge in [-0.05, 0) is 44.5 Å². The van der Waals surface area contributed by atoms with E-state index in [1.807, 2.05) is 6.92 Å². The van der Waals surface area contributed by atoms with E-state index in [0.29, 0.717) is 49.1 Å². The van der Waals surface area contributed by atoms with Crippen LogP contribution in [0, 0.1) is 6.92 Å². The Morgan fingerprint density at radius 1 is 1.19 bits per heavy atom. The van der Waals surface area contributed by atoms with Crippen LogP contribution in [0.5, 0.6) is 11.5 Å². The van der Waals surface area contributed by atoms with Crippen LogP contribution in [0.25, 0.3) is 0 Å². The van der Waals surface area contributed by atoms with Crippen LogP contribution in [0.2, 0.25) is 0 Å². The number of hydrogen-bond acceptors (Lipinski definition) is 5. The number of carbonyl (C=O) groups excluding carboxylic acids is 1. The summed E-state index contributed by atoms with van der Waals surface area (Å²) in [6, 6.07) is 6.32. The first kappa shape index (κ1) is 24.0. The van der Waals surface area contributed by atoms with Crippen LogP contribution in [-0.2, 0) is 6.54 Å². The first-order valence-electron chi connectivity index (χ1n) is 9.90. The zero-order valence-electron chi connectivity index (χ0n) is 17.8. The van der Waals surface area contributed by atoms with E-state index in [0.717, 1.165) is 5.56 Å². The van der Waals surface area contributed by atoms with Gasteiger partial charge in [0.2, 0.25) is 0 Å². The molecule has 0 radical (unpaired) electrons. The van der Waals surface area contributed by atoms with Gasteiger partial charge in [0, 0.05) is 30.8 Å². The van der Waals surface area contributed by atoms with E-state index in [9.17, 15) is 13.6 Å². The zero-order valence-corrected chi connectivity index (χ0v) is 17.8. The molecule has 0 fully saturated rings. The molecule has 1 amide bonds. The molecule has 0 bridgehead atoms. The first-order valence-corrected chi connectivity index (χ1v) is 9.90. The van der Waals surface area contributed by atoms with E-state index in [1.54, 1.807) is 25.1 Å². The van der Waals surface area contributed by atoms with Gasteiger partial charge in [0.1, 0.15) is 11.5 Å². The maximum Gasteiger partial charge on any atom is 0.387 e. The Balaban J connectivity index is 1.88. The fraction of sp³-hybridized carbons (Fsp3) is 0.429. The van der Waals surface area contributed by atoms with E-state index in [4.69, 9.17) is 9.15 Å². The minimum absolute atomic E-state index is 0.0475. The molecule has 2 rings (SSSR count). The molecule has 0 saturated heterocycles. The molecular formula is C21H28F2N4O4. The van der Waals surface area contributed by atoms with Crippen molar-refractivity contribution in [2.45, 2.75) is 33.4 Å². The van der Waals surface area contributed by atoms with E-state index < -0.39 is 6.61 Å². The van der Waals surface area contributed by atoms with Gasteiger partial charge in [-0.25, -0.2) is 4.99 Å². The zero-order chi connectivity index (χ0) is 22.6. The number of hydrogen-bond donors (Lipinski definition) is 3. The maximum atomic E-state index is 12.7. The van der Waals surface area contributed by atoms with Gasteiger partial charge in [-0.3, -0.25) is 4.79 Å². The highest BCUT2D eigenvalue weighted by atomic mass is 19.3. The summed E-state index contributed by atoms with van der Waals surface area (Å²) in [7, 11) is 1.49. The second-order valence-corrected chi connectivity index (χ2v) is 6.52. The van der Waals surface area contributed by atoms with Crippen LogP contribution in [-0.4, -0.2) is 45.2 Å². The van der Waals surface area contributed by atoms with E-state index in [2.05, 4.69) is 25.7 Å². The van der Waals surface area contributed by atoms with E-state index in [-0.39, 0.29) is 18.2 Å². The molecular weight excluding hydrogens is 410 g/mol. The molecule has 10 heteroatoms. The Hall–Kier alpha value is -3.30. The van der Waals surface area contributed by atoms with E-state index in [1.165, 1.54) is 19.4 Å². The predicted octanol–water partition coefficient (Wildman–Crippen LogP) is 3.07. The molecule has 0 aliphatic heterocycles. The van der Waals surface area contributed by atoms with Crippen LogP contribution >= 0.6 is 0 Å². The van der Waals surface area contributed by atoms with Crippen molar-refractivity contribution in [3.63, 3.8) is 0 Å². The van der Waals surface area contributed by atoms with Crippen LogP contribution in [0.3, 0.4) is 0 Å². The number of alkyl halides is 2. The van der Waals surface area contributed by atoms with Gasteiger partial charge in [0.25, 0.3) is 5.91 Å². The van der Waals surface area contributed by atoms with E-state index >= 15 is 0 Å². The lowest BCUT2D eigenvalue weighted by molar-refractivity contribution is -0.0504. The molecule has 2 aromatic rings. The standard InChI is InChI=1S/C21H28F2N4O4/c1-4-24-21(26-10-5-9-25-19(28)18-14(2)8-11-30-18)27-13-15-12-16(29-3)6-7-17(15)31-20(22)23/h6-8,11-12,20H,4-5,9-10,13H2,1-3H3,(H,25,28)(H2,24,26,27). The normalized spacial score (nSPS) is 11.4. The van der Waals surface area contributed by atoms with Gasteiger partial charge in [0.05, 0.1) is 19.9 Å². The molecule has 3 N–H and O–H groups in total. The van der Waals surface area contributed by atoms with Gasteiger partial charge in [-0.2, -0.15) is 8.78 Å². The summed E-state index contributed by atoms with van der Waals surface area (Å²) in [5, 5.41) is 9.02. The lowest BCUT2D eigenvalue weighted by atomic mass is 10.2. The van der Waals surface area contributed by atoms with Crippen LogP contribution in [0.4, 0.5) is 8.78 Å². The number of nitrogens with zero attached hydrogens (tertiary/aromatic N) is 1. The minimum Gasteiger partial charge on any atom is -0.497 e. The highest BCUT2D eigenvalue weighted by molar-refractivity contribution is 5.92. The maximum absolute atomic E-state index is 12.7. The molecule has 0 spiro atoms. The number of methoxy groups -OCH3 is 1. The van der Waals surface area contributed by atoms with Crippen molar-refractivity contribution in [3.05, 3.63) is 47.4 Å². The SMILES string of the molecule is CCNC(=NCc1cc(OC)ccc1OC(F)F)NCCCNC(=O)c1occc1C. The third-order valence-electron chi connectivity index (χ3n) is 4.24. The molecule has 0 atom stereocenters. The first-order chi connectivity index (χ1) is 14.9. The number of amides is 1. The molecule has 8 nitrogen and oxygen atoms in total. The molecule has 1 heterocycles.